The number of likely N-dealkylation sites (N-methyl/N-ethyl adjacent to an activating group) is 1. The van der Waals surface area contributed by atoms with Crippen molar-refractivity contribution in [3.63, 3.8) is 0 Å². The molecule has 2 rings (SSSR count). The number of nitrogens with zero attached hydrogens (tertiary/aromatic N) is 1. The van der Waals surface area contributed by atoms with Crippen molar-refractivity contribution < 1.29 is 4.79 Å². The Morgan fingerprint density at radius 1 is 1.37 bits per heavy atom. The zero-order valence-electron chi connectivity index (χ0n) is 11.4. The van der Waals surface area contributed by atoms with E-state index in [0.29, 0.717) is 18.0 Å². The van der Waals surface area contributed by atoms with E-state index in [9.17, 15) is 4.79 Å². The van der Waals surface area contributed by atoms with E-state index in [2.05, 4.69) is 17.1 Å². The van der Waals surface area contributed by atoms with Gasteiger partial charge in [-0.3, -0.25) is 9.69 Å². The van der Waals surface area contributed by atoms with Crippen LogP contribution in [0.2, 0.25) is 0 Å². The van der Waals surface area contributed by atoms with E-state index in [-0.39, 0.29) is 5.91 Å². The van der Waals surface area contributed by atoms with Gasteiger partial charge in [0.15, 0.2) is 0 Å². The van der Waals surface area contributed by atoms with Crippen molar-refractivity contribution in [1.29, 1.82) is 0 Å². The minimum absolute atomic E-state index is 0.00651. The Hall–Kier alpha value is -1.06. The summed E-state index contributed by atoms with van der Waals surface area (Å²) < 4.78 is 0. The molecule has 1 fully saturated rings. The van der Waals surface area contributed by atoms with Gasteiger partial charge in [0.05, 0.1) is 0 Å². The molecule has 19 heavy (non-hydrogen) atoms. The van der Waals surface area contributed by atoms with Crippen molar-refractivity contribution >= 4 is 17.5 Å². The number of alkyl halides is 1. The van der Waals surface area contributed by atoms with E-state index in [0.717, 1.165) is 24.7 Å². The first kappa shape index (κ1) is 14.4. The maximum atomic E-state index is 11.9. The smallest absolute Gasteiger partial charge is 0.251 e. The third kappa shape index (κ3) is 4.22. The van der Waals surface area contributed by atoms with Gasteiger partial charge in [0.25, 0.3) is 5.91 Å². The predicted octanol–water partition coefficient (Wildman–Crippen LogP) is 2.64. The van der Waals surface area contributed by atoms with E-state index < -0.39 is 0 Å². The molecule has 0 heterocycles. The molecule has 0 aliphatic heterocycles. The minimum Gasteiger partial charge on any atom is -0.351 e. The number of carbonyl (C=O) groups excluding carboxylic acids is 1. The maximum absolute atomic E-state index is 11.9. The van der Waals surface area contributed by atoms with Gasteiger partial charge in [0.1, 0.15) is 0 Å². The summed E-state index contributed by atoms with van der Waals surface area (Å²) in [5.74, 6) is 0.474. The van der Waals surface area contributed by atoms with Crippen molar-refractivity contribution in [2.24, 2.45) is 0 Å². The fourth-order valence-corrected chi connectivity index (χ4v) is 2.38. The molecule has 0 atom stereocenters. The number of amides is 1. The van der Waals surface area contributed by atoms with E-state index >= 15 is 0 Å². The lowest BCUT2D eigenvalue weighted by atomic mass is 10.1. The van der Waals surface area contributed by atoms with E-state index in [1.165, 1.54) is 12.8 Å². The highest BCUT2D eigenvalue weighted by molar-refractivity contribution is 6.17. The molecule has 1 aromatic rings. The van der Waals surface area contributed by atoms with Crippen LogP contribution in [-0.2, 0) is 5.88 Å². The van der Waals surface area contributed by atoms with Crippen molar-refractivity contribution in [1.82, 2.24) is 10.2 Å². The molecule has 1 N–H and O–H groups in total. The molecule has 3 nitrogen and oxygen atoms in total. The first-order valence-electron chi connectivity index (χ1n) is 6.91. The first-order valence-corrected chi connectivity index (χ1v) is 7.45. The topological polar surface area (TPSA) is 32.3 Å². The zero-order chi connectivity index (χ0) is 13.7. The molecule has 1 aliphatic rings. The number of carbonyl (C=O) groups is 1. The van der Waals surface area contributed by atoms with E-state index in [1.807, 2.05) is 24.3 Å². The van der Waals surface area contributed by atoms with Crippen molar-refractivity contribution in [2.45, 2.75) is 31.7 Å². The van der Waals surface area contributed by atoms with Crippen LogP contribution in [-0.4, -0.2) is 36.5 Å². The number of hydrogen-bond donors (Lipinski definition) is 1. The summed E-state index contributed by atoms with van der Waals surface area (Å²) in [5.41, 5.74) is 1.73. The summed E-state index contributed by atoms with van der Waals surface area (Å²) >= 11 is 5.72. The van der Waals surface area contributed by atoms with Crippen LogP contribution in [0.3, 0.4) is 0 Å². The van der Waals surface area contributed by atoms with Crippen LogP contribution < -0.4 is 5.32 Å². The van der Waals surface area contributed by atoms with Crippen molar-refractivity contribution in [2.75, 3.05) is 19.6 Å². The highest BCUT2D eigenvalue weighted by Gasteiger charge is 2.27. The number of nitrogens with one attached hydrogen (secondary N) is 1. The summed E-state index contributed by atoms with van der Waals surface area (Å²) in [6.07, 6.45) is 2.61. The van der Waals surface area contributed by atoms with Crippen LogP contribution in [0.15, 0.2) is 24.3 Å². The summed E-state index contributed by atoms with van der Waals surface area (Å²) in [6.45, 7) is 4.88. The van der Waals surface area contributed by atoms with Gasteiger partial charge >= 0.3 is 0 Å². The molecule has 1 aromatic carbocycles. The Bertz CT molecular complexity index is 415. The molecule has 4 heteroatoms. The Morgan fingerprint density at radius 2 is 2.05 bits per heavy atom. The van der Waals surface area contributed by atoms with Gasteiger partial charge in [0, 0.05) is 30.6 Å². The van der Waals surface area contributed by atoms with E-state index in [1.54, 1.807) is 0 Å². The van der Waals surface area contributed by atoms with Crippen LogP contribution in [0, 0.1) is 0 Å². The summed E-state index contributed by atoms with van der Waals surface area (Å²) in [5, 5.41) is 2.97. The number of halogens is 1. The highest BCUT2D eigenvalue weighted by Crippen LogP contribution is 2.25. The van der Waals surface area contributed by atoms with Gasteiger partial charge in [-0.05, 0) is 37.1 Å². The molecule has 0 saturated heterocycles. The Labute approximate surface area is 119 Å². The van der Waals surface area contributed by atoms with Crippen LogP contribution in [0.1, 0.15) is 35.7 Å². The predicted molar refractivity (Wildman–Crippen MR) is 78.6 cm³/mol. The van der Waals surface area contributed by atoms with Gasteiger partial charge in [-0.15, -0.1) is 11.6 Å². The zero-order valence-corrected chi connectivity index (χ0v) is 12.1. The monoisotopic (exact) mass is 280 g/mol. The number of rotatable bonds is 7. The Kier molecular flexibility index (Phi) is 5.23. The summed E-state index contributed by atoms with van der Waals surface area (Å²) in [7, 11) is 0. The maximum Gasteiger partial charge on any atom is 0.251 e. The molecule has 104 valence electrons. The van der Waals surface area contributed by atoms with Crippen LogP contribution in [0.25, 0.3) is 0 Å². The summed E-state index contributed by atoms with van der Waals surface area (Å²) in [4.78, 5) is 14.4. The lowest BCUT2D eigenvalue weighted by Crippen LogP contribution is -2.36. The van der Waals surface area contributed by atoms with Gasteiger partial charge in [-0.1, -0.05) is 19.1 Å². The molecule has 0 bridgehead atoms. The van der Waals surface area contributed by atoms with Crippen molar-refractivity contribution in [3.8, 4) is 0 Å². The second-order valence-electron chi connectivity index (χ2n) is 4.95. The van der Waals surface area contributed by atoms with Crippen LogP contribution in [0.5, 0.6) is 0 Å². The number of benzene rings is 1. The Morgan fingerprint density at radius 3 is 2.58 bits per heavy atom. The fourth-order valence-electron chi connectivity index (χ4n) is 2.20. The molecular weight excluding hydrogens is 260 g/mol. The van der Waals surface area contributed by atoms with Crippen LogP contribution in [0.4, 0.5) is 0 Å². The number of hydrogen-bond acceptors (Lipinski definition) is 2. The molecule has 0 radical (unpaired) electrons. The van der Waals surface area contributed by atoms with Gasteiger partial charge < -0.3 is 5.32 Å². The van der Waals surface area contributed by atoms with E-state index in [4.69, 9.17) is 11.6 Å². The molecule has 1 amide bonds. The third-order valence-electron chi connectivity index (χ3n) is 3.52. The lowest BCUT2D eigenvalue weighted by molar-refractivity contribution is 0.0948. The fraction of sp³-hybridized carbons (Fsp3) is 0.533. The highest BCUT2D eigenvalue weighted by atomic mass is 35.5. The molecule has 1 aliphatic carbocycles. The average Bonchev–Trinajstić information content (AvgIpc) is 3.28. The quantitative estimate of drug-likeness (QED) is 0.779. The summed E-state index contributed by atoms with van der Waals surface area (Å²) in [6, 6.07) is 8.19. The minimum atomic E-state index is -0.00651. The lowest BCUT2D eigenvalue weighted by Gasteiger charge is -2.19. The average molecular weight is 281 g/mol. The van der Waals surface area contributed by atoms with Gasteiger partial charge in [-0.2, -0.15) is 0 Å². The second-order valence-corrected chi connectivity index (χ2v) is 5.21. The molecule has 0 aromatic heterocycles. The molecule has 0 spiro atoms. The SMILES string of the molecule is CCN(CCNC(=O)c1ccc(CCl)cc1)C1CC1. The standard InChI is InChI=1S/C15H21ClN2O/c1-2-18(14-7-8-14)10-9-17-15(19)13-5-3-12(11-16)4-6-13/h3-6,14H,2,7-11H2,1H3,(H,17,19). The normalized spacial score (nSPS) is 14.7. The first-order chi connectivity index (χ1) is 9.24. The molecule has 0 unspecified atom stereocenters. The molecule has 1 saturated carbocycles. The molecular formula is C15H21ClN2O. The van der Waals surface area contributed by atoms with Gasteiger partial charge in [0.2, 0.25) is 0 Å². The second kappa shape index (κ2) is 6.92. The van der Waals surface area contributed by atoms with Crippen LogP contribution >= 0.6 is 11.6 Å². The largest absolute Gasteiger partial charge is 0.351 e. The van der Waals surface area contributed by atoms with Gasteiger partial charge in [-0.25, -0.2) is 0 Å². The van der Waals surface area contributed by atoms with Crippen molar-refractivity contribution in [3.05, 3.63) is 35.4 Å². The Balaban J connectivity index is 1.76. The third-order valence-corrected chi connectivity index (χ3v) is 3.83.